The Morgan fingerprint density at radius 2 is 2.14 bits per heavy atom. The van der Waals surface area contributed by atoms with Crippen LogP contribution in [-0.4, -0.2) is 15.6 Å². The Labute approximate surface area is 80.1 Å². The Balaban J connectivity index is 3.00. The van der Waals surface area contributed by atoms with Crippen LogP contribution in [0.1, 0.15) is 17.3 Å². The van der Waals surface area contributed by atoms with Crippen molar-refractivity contribution < 1.29 is 4.79 Å². The number of benzene rings is 1. The molecule has 0 amide bonds. The van der Waals surface area contributed by atoms with Crippen LogP contribution in [0, 0.1) is 0 Å². The molecule has 0 saturated carbocycles. The monoisotopic (exact) mass is 190 g/mol. The summed E-state index contributed by atoms with van der Waals surface area (Å²) in [4.78, 5) is 22.7. The molecule has 1 aromatic heterocycles. The number of rotatable bonds is 1. The molecule has 4 heteroatoms. The second kappa shape index (κ2) is 2.83. The predicted octanol–water partition coefficient (Wildman–Crippen LogP) is 1.07. The highest BCUT2D eigenvalue weighted by Crippen LogP contribution is 2.14. The van der Waals surface area contributed by atoms with Gasteiger partial charge in [0.25, 0.3) is 5.56 Å². The Kier molecular flexibility index (Phi) is 1.77. The van der Waals surface area contributed by atoms with Crippen LogP contribution in [0.3, 0.4) is 0 Å². The molecule has 0 fully saturated rings. The number of aromatic amines is 1. The van der Waals surface area contributed by atoms with Gasteiger partial charge in [0.15, 0.2) is 5.78 Å². The van der Waals surface area contributed by atoms with E-state index in [1.807, 2.05) is 0 Å². The summed E-state index contributed by atoms with van der Waals surface area (Å²) >= 11 is 0. The third kappa shape index (κ3) is 1.08. The molecule has 4 nitrogen and oxygen atoms in total. The molecule has 0 aliphatic heterocycles. The van der Waals surface area contributed by atoms with Crippen LogP contribution in [-0.2, 0) is 7.05 Å². The standard InChI is InChI=1S/C10H10N2O2/c1-6(13)7-4-3-5-8-9(7)12(2)11-10(8)14/h3-5H,1-2H3,(H,11,14). The Morgan fingerprint density at radius 3 is 2.79 bits per heavy atom. The van der Waals surface area contributed by atoms with E-state index in [1.54, 1.807) is 29.9 Å². The lowest BCUT2D eigenvalue weighted by Crippen LogP contribution is -2.01. The molecule has 0 atom stereocenters. The molecule has 1 aromatic carbocycles. The maximum Gasteiger partial charge on any atom is 0.271 e. The number of para-hydroxylation sites is 1. The minimum absolute atomic E-state index is 0.0369. The first kappa shape index (κ1) is 8.74. The minimum Gasteiger partial charge on any atom is -0.294 e. The van der Waals surface area contributed by atoms with Gasteiger partial charge < -0.3 is 0 Å². The lowest BCUT2D eigenvalue weighted by Gasteiger charge is -2.00. The Hall–Kier alpha value is -1.84. The van der Waals surface area contributed by atoms with Gasteiger partial charge in [-0.05, 0) is 19.1 Å². The maximum absolute atomic E-state index is 11.4. The van der Waals surface area contributed by atoms with Gasteiger partial charge in [0.2, 0.25) is 0 Å². The van der Waals surface area contributed by atoms with Crippen LogP contribution >= 0.6 is 0 Å². The number of nitrogens with zero attached hydrogens (tertiary/aromatic N) is 1. The number of carbonyl (C=O) groups is 1. The Morgan fingerprint density at radius 1 is 1.43 bits per heavy atom. The van der Waals surface area contributed by atoms with E-state index in [2.05, 4.69) is 5.10 Å². The average Bonchev–Trinajstić information content (AvgIpc) is 2.43. The second-order valence-corrected chi connectivity index (χ2v) is 3.26. The maximum atomic E-state index is 11.4. The molecule has 1 N–H and O–H groups in total. The van der Waals surface area contributed by atoms with E-state index in [9.17, 15) is 9.59 Å². The number of aromatic nitrogens is 2. The summed E-state index contributed by atoms with van der Waals surface area (Å²) < 4.78 is 1.58. The smallest absolute Gasteiger partial charge is 0.271 e. The van der Waals surface area contributed by atoms with Gasteiger partial charge in [-0.3, -0.25) is 19.4 Å². The number of nitrogens with one attached hydrogen (secondary N) is 1. The molecule has 72 valence electrons. The van der Waals surface area contributed by atoms with Crippen LogP contribution in [0.5, 0.6) is 0 Å². The zero-order chi connectivity index (χ0) is 10.3. The van der Waals surface area contributed by atoms with Crippen molar-refractivity contribution in [2.24, 2.45) is 7.05 Å². The van der Waals surface area contributed by atoms with Gasteiger partial charge in [-0.15, -0.1) is 0 Å². The summed E-state index contributed by atoms with van der Waals surface area (Å²) in [5.41, 5.74) is 1.08. The normalized spacial score (nSPS) is 10.7. The number of hydrogen-bond donors (Lipinski definition) is 1. The molecule has 2 rings (SSSR count). The predicted molar refractivity (Wildman–Crippen MR) is 53.5 cm³/mol. The molecule has 0 bridgehead atoms. The molecule has 1 heterocycles. The van der Waals surface area contributed by atoms with Crippen molar-refractivity contribution >= 4 is 16.7 Å². The van der Waals surface area contributed by atoms with Gasteiger partial charge >= 0.3 is 0 Å². The molecular weight excluding hydrogens is 180 g/mol. The first-order valence-electron chi connectivity index (χ1n) is 4.30. The average molecular weight is 190 g/mol. The van der Waals surface area contributed by atoms with Crippen LogP contribution in [0.25, 0.3) is 10.9 Å². The number of ketones is 1. The molecule has 2 aromatic rings. The highest BCUT2D eigenvalue weighted by molar-refractivity contribution is 6.05. The first-order valence-corrected chi connectivity index (χ1v) is 4.30. The number of H-pyrrole nitrogens is 1. The van der Waals surface area contributed by atoms with E-state index >= 15 is 0 Å². The van der Waals surface area contributed by atoms with Gasteiger partial charge in [-0.25, -0.2) is 0 Å². The SMILES string of the molecule is CC(=O)c1cccc2c(=O)[nH]n(C)c12. The van der Waals surface area contributed by atoms with E-state index < -0.39 is 0 Å². The van der Waals surface area contributed by atoms with Crippen molar-refractivity contribution in [3.63, 3.8) is 0 Å². The highest BCUT2D eigenvalue weighted by atomic mass is 16.1. The summed E-state index contributed by atoms with van der Waals surface area (Å²) in [6.07, 6.45) is 0. The Bertz CT molecular complexity index is 563. The molecule has 14 heavy (non-hydrogen) atoms. The zero-order valence-electron chi connectivity index (χ0n) is 8.00. The number of hydrogen-bond acceptors (Lipinski definition) is 2. The van der Waals surface area contributed by atoms with Crippen molar-refractivity contribution in [1.29, 1.82) is 0 Å². The fraction of sp³-hybridized carbons (Fsp3) is 0.200. The van der Waals surface area contributed by atoms with E-state index in [1.165, 1.54) is 6.92 Å². The molecular formula is C10H10N2O2. The molecule has 0 aliphatic carbocycles. The third-order valence-corrected chi connectivity index (χ3v) is 2.26. The third-order valence-electron chi connectivity index (χ3n) is 2.26. The summed E-state index contributed by atoms with van der Waals surface area (Å²) in [6, 6.07) is 5.15. The quantitative estimate of drug-likeness (QED) is 0.684. The van der Waals surface area contributed by atoms with Crippen LogP contribution < -0.4 is 5.56 Å². The summed E-state index contributed by atoms with van der Waals surface area (Å²) in [5.74, 6) is -0.0369. The van der Waals surface area contributed by atoms with Gasteiger partial charge in [0, 0.05) is 12.6 Å². The van der Waals surface area contributed by atoms with E-state index in [4.69, 9.17) is 0 Å². The number of carbonyl (C=O) groups excluding carboxylic acids is 1. The summed E-state index contributed by atoms with van der Waals surface area (Å²) in [6.45, 7) is 1.49. The molecule has 0 radical (unpaired) electrons. The van der Waals surface area contributed by atoms with Gasteiger partial charge in [0.05, 0.1) is 10.9 Å². The van der Waals surface area contributed by atoms with Gasteiger partial charge in [-0.1, -0.05) is 6.07 Å². The first-order chi connectivity index (χ1) is 6.61. The molecule has 0 aliphatic rings. The van der Waals surface area contributed by atoms with Crippen molar-refractivity contribution in [2.45, 2.75) is 6.92 Å². The largest absolute Gasteiger partial charge is 0.294 e. The van der Waals surface area contributed by atoms with Crippen LogP contribution in [0.2, 0.25) is 0 Å². The second-order valence-electron chi connectivity index (χ2n) is 3.26. The summed E-state index contributed by atoms with van der Waals surface area (Å²) in [7, 11) is 1.72. The van der Waals surface area contributed by atoms with Gasteiger partial charge in [-0.2, -0.15) is 0 Å². The minimum atomic E-state index is -0.161. The van der Waals surface area contributed by atoms with Crippen molar-refractivity contribution in [1.82, 2.24) is 9.78 Å². The zero-order valence-corrected chi connectivity index (χ0v) is 8.00. The lowest BCUT2D eigenvalue weighted by molar-refractivity contribution is 0.101. The molecule has 0 saturated heterocycles. The van der Waals surface area contributed by atoms with Crippen molar-refractivity contribution in [2.75, 3.05) is 0 Å². The van der Waals surface area contributed by atoms with Crippen LogP contribution in [0.4, 0.5) is 0 Å². The molecule has 0 spiro atoms. The fourth-order valence-corrected chi connectivity index (χ4v) is 1.64. The van der Waals surface area contributed by atoms with Crippen LogP contribution in [0.15, 0.2) is 23.0 Å². The van der Waals surface area contributed by atoms with Crippen molar-refractivity contribution in [3.05, 3.63) is 34.1 Å². The number of Topliss-reactive ketones (excluding diaryl/α,β-unsaturated/α-hetero) is 1. The van der Waals surface area contributed by atoms with Gasteiger partial charge in [0.1, 0.15) is 0 Å². The topological polar surface area (TPSA) is 54.9 Å². The highest BCUT2D eigenvalue weighted by Gasteiger charge is 2.10. The van der Waals surface area contributed by atoms with E-state index in [0.717, 1.165) is 0 Å². The lowest BCUT2D eigenvalue weighted by atomic mass is 10.1. The summed E-state index contributed by atoms with van der Waals surface area (Å²) in [5, 5.41) is 3.18. The molecule has 0 unspecified atom stereocenters. The number of fused-ring (bicyclic) bond motifs is 1. The van der Waals surface area contributed by atoms with E-state index in [-0.39, 0.29) is 11.3 Å². The number of aryl methyl sites for hydroxylation is 1. The van der Waals surface area contributed by atoms with E-state index in [0.29, 0.717) is 16.5 Å². The fourth-order valence-electron chi connectivity index (χ4n) is 1.64. The van der Waals surface area contributed by atoms with Crippen molar-refractivity contribution in [3.8, 4) is 0 Å².